The first kappa shape index (κ1) is 23.2. The summed E-state index contributed by atoms with van der Waals surface area (Å²) >= 11 is 0. The van der Waals surface area contributed by atoms with Gasteiger partial charge in [-0.15, -0.1) is 0 Å². The molecule has 0 bridgehead atoms. The number of alkyl halides is 2. The molecule has 2 saturated heterocycles. The lowest BCUT2D eigenvalue weighted by atomic mass is 10.0. The van der Waals surface area contributed by atoms with Crippen LogP contribution in [0.15, 0.2) is 35.0 Å². The van der Waals surface area contributed by atoms with Crippen LogP contribution in [0.4, 0.5) is 28.2 Å². The number of hydrogen-bond acceptors (Lipinski definition) is 6. The van der Waals surface area contributed by atoms with Gasteiger partial charge in [0.1, 0.15) is 23.6 Å². The highest BCUT2D eigenvalue weighted by Crippen LogP contribution is 2.43. The largest absolute Gasteiger partial charge is 0.354 e. The predicted molar refractivity (Wildman–Crippen MR) is 119 cm³/mol. The molecule has 1 saturated carbocycles. The van der Waals surface area contributed by atoms with E-state index in [4.69, 9.17) is 4.52 Å². The van der Waals surface area contributed by atoms with Crippen molar-refractivity contribution in [3.63, 3.8) is 0 Å². The van der Waals surface area contributed by atoms with Crippen LogP contribution in [-0.4, -0.2) is 65.8 Å². The Labute approximate surface area is 202 Å². The van der Waals surface area contributed by atoms with Crippen molar-refractivity contribution in [2.75, 3.05) is 18.0 Å². The Hall–Kier alpha value is -3.26. The molecule has 2 aromatic heterocycles. The number of sulfonamides is 1. The summed E-state index contributed by atoms with van der Waals surface area (Å²) in [5.74, 6) is -5.31. The van der Waals surface area contributed by atoms with E-state index in [0.29, 0.717) is 18.9 Å². The van der Waals surface area contributed by atoms with E-state index >= 15 is 8.78 Å². The average molecular weight is 525 g/mol. The van der Waals surface area contributed by atoms with Gasteiger partial charge in [0.2, 0.25) is 10.0 Å². The number of aromatic nitrogens is 2. The van der Waals surface area contributed by atoms with Gasteiger partial charge in [-0.25, -0.2) is 35.5 Å². The summed E-state index contributed by atoms with van der Waals surface area (Å²) in [7, 11) is -3.91. The summed E-state index contributed by atoms with van der Waals surface area (Å²) in [4.78, 5) is 19.3. The normalized spacial score (nSPS) is 23.9. The quantitative estimate of drug-likeness (QED) is 0.513. The van der Waals surface area contributed by atoms with Crippen molar-refractivity contribution < 1.29 is 35.3 Å². The van der Waals surface area contributed by atoms with Crippen LogP contribution >= 0.6 is 0 Å². The highest BCUT2D eigenvalue weighted by molar-refractivity contribution is 7.90. The minimum absolute atomic E-state index is 0.0279. The number of carbonyl (C=O) groups is 1. The van der Waals surface area contributed by atoms with Gasteiger partial charge < -0.3 is 9.42 Å². The lowest BCUT2D eigenvalue weighted by Gasteiger charge is -2.37. The Kier molecular flexibility index (Phi) is 5.06. The maximum absolute atomic E-state index is 15.2. The minimum atomic E-state index is -3.91. The third kappa shape index (κ3) is 3.53. The molecule has 1 N–H and O–H groups in total. The van der Waals surface area contributed by atoms with Crippen LogP contribution in [0.25, 0.3) is 22.2 Å². The Morgan fingerprint density at radius 1 is 1.17 bits per heavy atom. The molecule has 1 aliphatic carbocycles. The molecule has 4 heterocycles. The van der Waals surface area contributed by atoms with Crippen molar-refractivity contribution in [2.24, 2.45) is 0 Å². The molecular formula is C22H19F4N5O4S. The van der Waals surface area contributed by atoms with Gasteiger partial charge in [-0.2, -0.15) is 0 Å². The molecule has 190 valence electrons. The van der Waals surface area contributed by atoms with E-state index in [1.807, 2.05) is 0 Å². The molecule has 3 aliphatic rings. The van der Waals surface area contributed by atoms with E-state index in [9.17, 15) is 22.0 Å². The second-order valence-corrected chi connectivity index (χ2v) is 11.1. The fourth-order valence-electron chi connectivity index (χ4n) is 4.90. The van der Waals surface area contributed by atoms with E-state index in [1.54, 1.807) is 6.07 Å². The molecule has 6 rings (SSSR count). The van der Waals surface area contributed by atoms with Crippen molar-refractivity contribution in [3.05, 3.63) is 42.1 Å². The van der Waals surface area contributed by atoms with E-state index in [2.05, 4.69) is 14.9 Å². The molecular weight excluding hydrogens is 506 g/mol. The van der Waals surface area contributed by atoms with Gasteiger partial charge in [-0.3, -0.25) is 9.88 Å². The molecule has 2 amide bonds. The van der Waals surface area contributed by atoms with Crippen LogP contribution in [0.5, 0.6) is 0 Å². The third-order valence-electron chi connectivity index (χ3n) is 6.84. The Morgan fingerprint density at radius 2 is 1.94 bits per heavy atom. The molecule has 9 nitrogen and oxygen atoms in total. The highest BCUT2D eigenvalue weighted by atomic mass is 32.2. The van der Waals surface area contributed by atoms with Crippen molar-refractivity contribution in [2.45, 2.75) is 42.5 Å². The van der Waals surface area contributed by atoms with Crippen molar-refractivity contribution in [1.82, 2.24) is 19.8 Å². The maximum atomic E-state index is 15.2. The van der Waals surface area contributed by atoms with E-state index in [0.717, 1.165) is 16.0 Å². The zero-order valence-corrected chi connectivity index (χ0v) is 19.3. The first-order chi connectivity index (χ1) is 17.1. The first-order valence-electron chi connectivity index (χ1n) is 11.2. The summed E-state index contributed by atoms with van der Waals surface area (Å²) in [5, 5.41) is 3.47. The average Bonchev–Trinajstić information content (AvgIpc) is 3.55. The number of rotatable bonds is 5. The summed E-state index contributed by atoms with van der Waals surface area (Å²) in [6.07, 6.45) is 1.51. The molecule has 14 heteroatoms. The number of carbonyl (C=O) groups excluding carboxylic acids is 1. The number of urea groups is 1. The summed E-state index contributed by atoms with van der Waals surface area (Å²) in [5.41, 5.74) is 0.166. The van der Waals surface area contributed by atoms with E-state index in [1.165, 1.54) is 12.1 Å². The molecule has 1 aromatic carbocycles. The van der Waals surface area contributed by atoms with Crippen LogP contribution in [-0.2, 0) is 10.0 Å². The van der Waals surface area contributed by atoms with Crippen molar-refractivity contribution >= 4 is 32.8 Å². The first-order valence-corrected chi connectivity index (χ1v) is 12.8. The van der Waals surface area contributed by atoms with Gasteiger partial charge in [0.05, 0.1) is 16.8 Å². The second-order valence-electron chi connectivity index (χ2n) is 9.15. The molecule has 0 spiro atoms. The van der Waals surface area contributed by atoms with Gasteiger partial charge in [0, 0.05) is 24.7 Å². The molecule has 3 fully saturated rings. The number of anilines is 1. The summed E-state index contributed by atoms with van der Waals surface area (Å²) in [6, 6.07) is 1.18. The minimum Gasteiger partial charge on any atom is -0.354 e. The number of amides is 2. The zero-order valence-electron chi connectivity index (χ0n) is 18.5. The number of benzene rings is 1. The SMILES string of the molecule is O=C1N(c2noc3cccc(-c4ncc(F)cc4F)c23)CC[C@H]2N1C[C@@H](NS(=O)(=O)C1CC1)C2(F)F. The Balaban J connectivity index is 1.35. The Bertz CT molecular complexity index is 1490. The second kappa shape index (κ2) is 7.87. The van der Waals surface area contributed by atoms with Crippen molar-refractivity contribution in [1.29, 1.82) is 0 Å². The Morgan fingerprint density at radius 3 is 2.67 bits per heavy atom. The number of fused-ring (bicyclic) bond motifs is 2. The molecule has 3 aromatic rings. The smallest absolute Gasteiger partial charge is 0.326 e. The van der Waals surface area contributed by atoms with Crippen LogP contribution in [0.3, 0.4) is 0 Å². The van der Waals surface area contributed by atoms with E-state index in [-0.39, 0.29) is 41.0 Å². The standard InChI is InChI=1S/C22H19F4N5O4S/c23-11-8-14(24)19(27-9-11)13-2-1-3-15-18(13)20(28-35-15)30-7-6-17-22(25,26)16(10-31(17)21(30)32)29-36(33,34)12-4-5-12/h1-3,8-9,12,16-17,29H,4-7,10H2/t16-,17-/m1/s1. The van der Waals surface area contributed by atoms with Crippen LogP contribution < -0.4 is 9.62 Å². The predicted octanol–water partition coefficient (Wildman–Crippen LogP) is 3.27. The van der Waals surface area contributed by atoms with E-state index < -0.39 is 57.5 Å². The summed E-state index contributed by atoms with van der Waals surface area (Å²) < 4.78 is 90.3. The molecule has 2 aliphatic heterocycles. The van der Waals surface area contributed by atoms with Gasteiger partial charge in [0.25, 0.3) is 5.92 Å². The highest BCUT2D eigenvalue weighted by Gasteiger charge is 2.61. The van der Waals surface area contributed by atoms with Crippen molar-refractivity contribution in [3.8, 4) is 11.3 Å². The zero-order chi connectivity index (χ0) is 25.4. The third-order valence-corrected chi connectivity index (χ3v) is 8.80. The van der Waals surface area contributed by atoms with Gasteiger partial charge in [-0.1, -0.05) is 17.3 Å². The number of nitrogens with zero attached hydrogens (tertiary/aromatic N) is 4. The fraction of sp³-hybridized carbons (Fsp3) is 0.409. The lowest BCUT2D eigenvalue weighted by Crippen LogP contribution is -2.56. The topological polar surface area (TPSA) is 109 Å². The van der Waals surface area contributed by atoms with Gasteiger partial charge in [0.15, 0.2) is 17.2 Å². The van der Waals surface area contributed by atoms with Gasteiger partial charge >= 0.3 is 6.03 Å². The molecule has 0 radical (unpaired) electrons. The number of halogens is 4. The fourth-order valence-corrected chi connectivity index (χ4v) is 6.48. The van der Waals surface area contributed by atoms with Gasteiger partial charge in [-0.05, 0) is 25.3 Å². The number of pyridine rings is 1. The molecule has 2 atom stereocenters. The summed E-state index contributed by atoms with van der Waals surface area (Å²) in [6.45, 7) is -0.678. The van der Waals surface area contributed by atoms with Crippen LogP contribution in [0.2, 0.25) is 0 Å². The van der Waals surface area contributed by atoms with Crippen LogP contribution in [0, 0.1) is 11.6 Å². The monoisotopic (exact) mass is 525 g/mol. The van der Waals surface area contributed by atoms with Crippen LogP contribution in [0.1, 0.15) is 19.3 Å². The maximum Gasteiger partial charge on any atom is 0.326 e. The lowest BCUT2D eigenvalue weighted by molar-refractivity contribution is -0.0448. The number of nitrogens with one attached hydrogen (secondary N) is 1. The molecule has 36 heavy (non-hydrogen) atoms. The molecule has 0 unspecified atom stereocenters. The number of hydrogen-bond donors (Lipinski definition) is 1.